The predicted molar refractivity (Wildman–Crippen MR) is 142 cm³/mol. The summed E-state index contributed by atoms with van der Waals surface area (Å²) in [5.74, 6) is -0.668. The Balaban J connectivity index is 1.15. The van der Waals surface area contributed by atoms with Gasteiger partial charge in [-0.1, -0.05) is 40.8 Å². The molecule has 8 nitrogen and oxygen atoms in total. The molecule has 40 heavy (non-hydrogen) atoms. The first kappa shape index (κ1) is 26.6. The highest BCUT2D eigenvalue weighted by Gasteiger charge is 2.35. The van der Waals surface area contributed by atoms with Crippen molar-refractivity contribution in [3.05, 3.63) is 58.8 Å². The van der Waals surface area contributed by atoms with Crippen molar-refractivity contribution in [2.24, 2.45) is 0 Å². The molecule has 1 saturated heterocycles. The van der Waals surface area contributed by atoms with Gasteiger partial charge < -0.3 is 24.0 Å². The van der Waals surface area contributed by atoms with E-state index in [1.54, 1.807) is 0 Å². The maximum Gasteiger partial charge on any atom is 0.573 e. The maximum absolute atomic E-state index is 13.0. The number of aromatic nitrogens is 2. The second-order valence-corrected chi connectivity index (χ2v) is 11.1. The predicted octanol–water partition coefficient (Wildman–Crippen LogP) is 6.92. The molecule has 2 aromatic heterocycles. The van der Waals surface area contributed by atoms with Crippen LogP contribution in [0.5, 0.6) is 5.75 Å². The smallest absolute Gasteiger partial charge is 0.478 e. The van der Waals surface area contributed by atoms with E-state index in [1.165, 1.54) is 6.07 Å². The Morgan fingerprint density at radius 2 is 1.93 bits per heavy atom. The fraction of sp³-hybridized carbons (Fsp3) is 0.393. The number of aryl methyl sites for hydroxylation is 1. The van der Waals surface area contributed by atoms with Gasteiger partial charge in [0.1, 0.15) is 17.0 Å². The molecule has 1 aliphatic heterocycles. The molecular formula is C28H26F3N3O5S. The number of carboxylic acid groups (broad SMARTS) is 1. The second-order valence-electron chi connectivity index (χ2n) is 10.1. The van der Waals surface area contributed by atoms with E-state index in [9.17, 15) is 23.1 Å². The molecule has 1 saturated carbocycles. The van der Waals surface area contributed by atoms with Gasteiger partial charge in [0.25, 0.3) is 0 Å². The summed E-state index contributed by atoms with van der Waals surface area (Å²) >= 11 is 1.14. The summed E-state index contributed by atoms with van der Waals surface area (Å²) in [6, 6.07) is 10.2. The first-order valence-electron chi connectivity index (χ1n) is 13.0. The molecule has 4 aromatic rings. The molecule has 0 bridgehead atoms. The van der Waals surface area contributed by atoms with Crippen molar-refractivity contribution in [2.45, 2.75) is 57.6 Å². The highest BCUT2D eigenvalue weighted by atomic mass is 32.1. The minimum absolute atomic E-state index is 0.00973. The van der Waals surface area contributed by atoms with Crippen LogP contribution in [0, 0.1) is 6.92 Å². The number of hydrogen-bond acceptors (Lipinski definition) is 8. The van der Waals surface area contributed by atoms with E-state index in [2.05, 4.69) is 14.9 Å². The Morgan fingerprint density at radius 3 is 2.60 bits per heavy atom. The molecule has 0 unspecified atom stereocenters. The Hall–Kier alpha value is -3.64. The average molecular weight is 574 g/mol. The monoisotopic (exact) mass is 573 g/mol. The van der Waals surface area contributed by atoms with Gasteiger partial charge in [-0.15, -0.1) is 13.2 Å². The van der Waals surface area contributed by atoms with Gasteiger partial charge in [0.05, 0.1) is 23.0 Å². The molecule has 210 valence electrons. The first-order chi connectivity index (χ1) is 19.2. The summed E-state index contributed by atoms with van der Waals surface area (Å²) < 4.78 is 55.4. The molecule has 6 rings (SSSR count). The Bertz CT molecular complexity index is 1550. The minimum atomic E-state index is -4.97. The second kappa shape index (κ2) is 10.4. The molecule has 0 amide bonds. The summed E-state index contributed by atoms with van der Waals surface area (Å²) in [5.41, 5.74) is 3.66. The van der Waals surface area contributed by atoms with Gasteiger partial charge in [-0.05, 0) is 50.3 Å². The van der Waals surface area contributed by atoms with E-state index in [0.717, 1.165) is 58.4 Å². The number of anilines is 1. The molecule has 2 aliphatic rings. The Morgan fingerprint density at radius 1 is 1.18 bits per heavy atom. The average Bonchev–Trinajstić information content (AvgIpc) is 3.52. The third-order valence-corrected chi connectivity index (χ3v) is 8.33. The van der Waals surface area contributed by atoms with E-state index < -0.39 is 18.1 Å². The van der Waals surface area contributed by atoms with Crippen LogP contribution < -0.4 is 9.64 Å². The highest BCUT2D eigenvalue weighted by molar-refractivity contribution is 7.22. The standard InChI is InChI=1S/C28H26F3N3O5S/c1-15-4-2-3-5-19(15)23-20(25(39-33-23)16-6-7-16)14-37-18-8-10-34(11-9-18)27-32-24-21(38-28(29,30)31)12-17(26(35)36)13-22(24)40-27/h2-5,12-13,16,18H,6-11,14H2,1H3,(H,35,36). The lowest BCUT2D eigenvalue weighted by Crippen LogP contribution is -2.37. The number of carboxylic acids is 1. The van der Waals surface area contributed by atoms with Crippen LogP contribution in [-0.4, -0.2) is 46.8 Å². The van der Waals surface area contributed by atoms with Crippen LogP contribution in [0.4, 0.5) is 18.3 Å². The van der Waals surface area contributed by atoms with Gasteiger partial charge in [0.15, 0.2) is 10.9 Å². The van der Waals surface area contributed by atoms with Crippen LogP contribution in [0.2, 0.25) is 0 Å². The Labute approximate surface area is 231 Å². The van der Waals surface area contributed by atoms with Crippen molar-refractivity contribution < 1.29 is 37.1 Å². The normalized spacial score (nSPS) is 16.6. The number of thiazole rings is 1. The van der Waals surface area contributed by atoms with Crippen molar-refractivity contribution in [1.29, 1.82) is 0 Å². The zero-order chi connectivity index (χ0) is 28.0. The van der Waals surface area contributed by atoms with Gasteiger partial charge in [0.2, 0.25) is 0 Å². The number of fused-ring (bicyclic) bond motifs is 1. The lowest BCUT2D eigenvalue weighted by atomic mass is 10.0. The van der Waals surface area contributed by atoms with Crippen LogP contribution in [0.3, 0.4) is 0 Å². The number of halogens is 3. The lowest BCUT2D eigenvalue weighted by Gasteiger charge is -2.31. The number of hydrogen-bond donors (Lipinski definition) is 1. The number of carbonyl (C=O) groups is 1. The fourth-order valence-corrected chi connectivity index (χ4v) is 6.12. The number of ether oxygens (including phenoxy) is 2. The van der Waals surface area contributed by atoms with Crippen LogP contribution in [-0.2, 0) is 11.3 Å². The molecule has 2 fully saturated rings. The molecule has 1 aliphatic carbocycles. The summed E-state index contributed by atoms with van der Waals surface area (Å²) in [6.07, 6.45) is -1.41. The minimum Gasteiger partial charge on any atom is -0.478 e. The number of benzene rings is 2. The van der Waals surface area contributed by atoms with Crippen LogP contribution >= 0.6 is 11.3 Å². The van der Waals surface area contributed by atoms with Gasteiger partial charge in [-0.2, -0.15) is 0 Å². The highest BCUT2D eigenvalue weighted by Crippen LogP contribution is 2.45. The topological polar surface area (TPSA) is 97.9 Å². The van der Waals surface area contributed by atoms with E-state index in [0.29, 0.717) is 48.3 Å². The largest absolute Gasteiger partial charge is 0.573 e. The number of alkyl halides is 3. The van der Waals surface area contributed by atoms with Gasteiger partial charge >= 0.3 is 12.3 Å². The van der Waals surface area contributed by atoms with E-state index in [1.807, 2.05) is 36.1 Å². The lowest BCUT2D eigenvalue weighted by molar-refractivity contribution is -0.274. The third-order valence-electron chi connectivity index (χ3n) is 7.26. The summed E-state index contributed by atoms with van der Waals surface area (Å²) in [6.45, 7) is 3.62. The van der Waals surface area contributed by atoms with Crippen molar-refractivity contribution in [3.8, 4) is 17.0 Å². The summed E-state index contributed by atoms with van der Waals surface area (Å²) in [4.78, 5) is 17.8. The zero-order valence-electron chi connectivity index (χ0n) is 21.5. The first-order valence-corrected chi connectivity index (χ1v) is 13.8. The third kappa shape index (κ3) is 5.50. The fourth-order valence-electron chi connectivity index (χ4n) is 5.04. The quantitative estimate of drug-likeness (QED) is 0.243. The number of aromatic carboxylic acids is 1. The summed E-state index contributed by atoms with van der Waals surface area (Å²) in [7, 11) is 0. The number of piperidine rings is 1. The van der Waals surface area contributed by atoms with E-state index >= 15 is 0 Å². The molecule has 1 N–H and O–H groups in total. The summed E-state index contributed by atoms with van der Waals surface area (Å²) in [5, 5.41) is 14.2. The SMILES string of the molecule is Cc1ccccc1-c1noc(C2CC2)c1COC1CCN(c2nc3c(OC(F)(F)F)cc(C(=O)O)cc3s2)CC1. The van der Waals surface area contributed by atoms with Crippen LogP contribution in [0.25, 0.3) is 21.5 Å². The molecule has 12 heteroatoms. The molecule has 2 aromatic carbocycles. The zero-order valence-corrected chi connectivity index (χ0v) is 22.3. The molecule has 0 atom stereocenters. The van der Waals surface area contributed by atoms with Crippen molar-refractivity contribution >= 4 is 32.7 Å². The van der Waals surface area contributed by atoms with Gasteiger partial charge in [-0.3, -0.25) is 0 Å². The van der Waals surface area contributed by atoms with Gasteiger partial charge in [0, 0.05) is 30.1 Å². The molecule has 0 radical (unpaired) electrons. The van der Waals surface area contributed by atoms with Crippen molar-refractivity contribution in [1.82, 2.24) is 10.1 Å². The van der Waals surface area contributed by atoms with E-state index in [4.69, 9.17) is 9.26 Å². The number of rotatable bonds is 8. The maximum atomic E-state index is 13.0. The van der Waals surface area contributed by atoms with Gasteiger partial charge in [-0.25, -0.2) is 9.78 Å². The van der Waals surface area contributed by atoms with E-state index in [-0.39, 0.29) is 17.2 Å². The van der Waals surface area contributed by atoms with Crippen molar-refractivity contribution in [3.63, 3.8) is 0 Å². The molecule has 0 spiro atoms. The van der Waals surface area contributed by atoms with Crippen LogP contribution in [0.1, 0.15) is 58.8 Å². The molecule has 3 heterocycles. The Kier molecular flexibility index (Phi) is 6.91. The van der Waals surface area contributed by atoms with Crippen molar-refractivity contribution in [2.75, 3.05) is 18.0 Å². The number of nitrogens with zero attached hydrogens (tertiary/aromatic N) is 3. The van der Waals surface area contributed by atoms with Crippen LogP contribution in [0.15, 0.2) is 40.9 Å². The molecular weight excluding hydrogens is 547 g/mol.